The lowest BCUT2D eigenvalue weighted by molar-refractivity contribution is 0.0767. The van der Waals surface area contributed by atoms with Crippen LogP contribution in [0.3, 0.4) is 0 Å². The number of aromatic nitrogens is 3. The van der Waals surface area contributed by atoms with Gasteiger partial charge >= 0.3 is 0 Å². The number of nitrogens with zero attached hydrogens (tertiary/aromatic N) is 4. The molecule has 1 saturated carbocycles. The quantitative estimate of drug-likeness (QED) is 0.720. The summed E-state index contributed by atoms with van der Waals surface area (Å²) < 4.78 is 7.02. The van der Waals surface area contributed by atoms with Crippen LogP contribution in [0.5, 0.6) is 0 Å². The molecule has 0 radical (unpaired) electrons. The minimum atomic E-state index is -0.361. The first kappa shape index (κ1) is 16.5. The third-order valence-electron chi connectivity index (χ3n) is 4.72. The van der Waals surface area contributed by atoms with E-state index >= 15 is 0 Å². The molecule has 134 valence electrons. The Hall–Kier alpha value is -2.96. The standard InChI is InChI=1S/C19H20N4O3/c1-11-4-7-15-13(8-11)17(24)14(9-22(15)2)19(25)23(3)10-16-20-18(21-26-16)12-5-6-12/h4,7-9,12H,5-6,10H2,1-3H3. The van der Waals surface area contributed by atoms with Crippen LogP contribution in [0.4, 0.5) is 0 Å². The molecule has 2 heterocycles. The normalized spacial score (nSPS) is 14.0. The van der Waals surface area contributed by atoms with Crippen LogP contribution in [-0.2, 0) is 13.6 Å². The number of pyridine rings is 1. The number of fused-ring (bicyclic) bond motifs is 1. The Kier molecular flexibility index (Phi) is 3.86. The molecule has 0 spiro atoms. The number of hydrogen-bond donors (Lipinski definition) is 0. The van der Waals surface area contributed by atoms with Crippen molar-refractivity contribution in [3.05, 3.63) is 57.5 Å². The highest BCUT2D eigenvalue weighted by Gasteiger charge is 2.29. The van der Waals surface area contributed by atoms with Gasteiger partial charge in [0.15, 0.2) is 5.82 Å². The van der Waals surface area contributed by atoms with Crippen LogP contribution in [0, 0.1) is 6.92 Å². The molecular weight excluding hydrogens is 332 g/mol. The number of hydrogen-bond acceptors (Lipinski definition) is 5. The summed E-state index contributed by atoms with van der Waals surface area (Å²) in [6.07, 6.45) is 3.75. The molecule has 26 heavy (non-hydrogen) atoms. The van der Waals surface area contributed by atoms with E-state index in [1.165, 1.54) is 4.90 Å². The van der Waals surface area contributed by atoms with Crippen LogP contribution in [0.25, 0.3) is 10.9 Å². The molecule has 2 aromatic heterocycles. The lowest BCUT2D eigenvalue weighted by atomic mass is 10.1. The predicted molar refractivity (Wildman–Crippen MR) is 96.0 cm³/mol. The van der Waals surface area contributed by atoms with Gasteiger partial charge in [-0.1, -0.05) is 16.8 Å². The number of carbonyl (C=O) groups is 1. The van der Waals surface area contributed by atoms with Crippen molar-refractivity contribution in [1.29, 1.82) is 0 Å². The lowest BCUT2D eigenvalue weighted by Crippen LogP contribution is -2.31. The minimum Gasteiger partial charge on any atom is -0.350 e. The van der Waals surface area contributed by atoms with Gasteiger partial charge in [-0.15, -0.1) is 0 Å². The molecule has 1 aromatic carbocycles. The highest BCUT2D eigenvalue weighted by molar-refractivity contribution is 5.97. The third-order valence-corrected chi connectivity index (χ3v) is 4.72. The van der Waals surface area contributed by atoms with E-state index in [1.807, 2.05) is 32.2 Å². The smallest absolute Gasteiger partial charge is 0.259 e. The zero-order chi connectivity index (χ0) is 18.4. The van der Waals surface area contributed by atoms with Crippen LogP contribution < -0.4 is 5.43 Å². The average molecular weight is 352 g/mol. The van der Waals surface area contributed by atoms with Gasteiger partial charge < -0.3 is 14.0 Å². The van der Waals surface area contributed by atoms with Gasteiger partial charge in [-0.3, -0.25) is 9.59 Å². The maximum Gasteiger partial charge on any atom is 0.259 e. The number of carbonyl (C=O) groups excluding carboxylic acids is 1. The van der Waals surface area contributed by atoms with Gasteiger partial charge in [0.05, 0.1) is 12.1 Å². The van der Waals surface area contributed by atoms with Crippen LogP contribution >= 0.6 is 0 Å². The Morgan fingerprint density at radius 2 is 2.15 bits per heavy atom. The predicted octanol–water partition coefficient (Wildman–Crippen LogP) is 2.38. The van der Waals surface area contributed by atoms with Crippen LogP contribution in [0.1, 0.15) is 46.4 Å². The zero-order valence-corrected chi connectivity index (χ0v) is 15.0. The van der Waals surface area contributed by atoms with Crippen LogP contribution in [0.15, 0.2) is 33.7 Å². The number of aryl methyl sites for hydroxylation is 2. The summed E-state index contributed by atoms with van der Waals surface area (Å²) in [5, 5.41) is 4.50. The van der Waals surface area contributed by atoms with Crippen molar-refractivity contribution in [2.45, 2.75) is 32.2 Å². The van der Waals surface area contributed by atoms with Gasteiger partial charge in [-0.05, 0) is 31.9 Å². The molecule has 0 N–H and O–H groups in total. The van der Waals surface area contributed by atoms with Crippen molar-refractivity contribution < 1.29 is 9.32 Å². The fourth-order valence-corrected chi connectivity index (χ4v) is 3.08. The Bertz CT molecular complexity index is 1060. The number of amides is 1. The first-order chi connectivity index (χ1) is 12.4. The molecule has 1 fully saturated rings. The highest BCUT2D eigenvalue weighted by atomic mass is 16.5. The van der Waals surface area contributed by atoms with E-state index in [2.05, 4.69) is 10.1 Å². The summed E-state index contributed by atoms with van der Waals surface area (Å²) in [6.45, 7) is 2.10. The largest absolute Gasteiger partial charge is 0.350 e. The van der Waals surface area contributed by atoms with Crippen molar-refractivity contribution in [3.8, 4) is 0 Å². The van der Waals surface area contributed by atoms with Crippen LogP contribution in [0.2, 0.25) is 0 Å². The molecule has 3 aromatic rings. The van der Waals surface area contributed by atoms with E-state index in [9.17, 15) is 9.59 Å². The van der Waals surface area contributed by atoms with E-state index in [1.54, 1.807) is 17.8 Å². The minimum absolute atomic E-state index is 0.134. The lowest BCUT2D eigenvalue weighted by Gasteiger charge is -2.16. The molecule has 1 amide bonds. The van der Waals surface area contributed by atoms with Gasteiger partial charge in [-0.25, -0.2) is 0 Å². The maximum atomic E-state index is 12.8. The van der Waals surface area contributed by atoms with Crippen molar-refractivity contribution in [3.63, 3.8) is 0 Å². The summed E-state index contributed by atoms with van der Waals surface area (Å²) in [5.41, 5.74) is 1.65. The zero-order valence-electron chi connectivity index (χ0n) is 15.0. The molecule has 0 bridgehead atoms. The Labute approximate surface area is 150 Å². The summed E-state index contributed by atoms with van der Waals surface area (Å²) in [5.74, 6) is 1.12. The molecule has 7 heteroatoms. The summed E-state index contributed by atoms with van der Waals surface area (Å²) >= 11 is 0. The summed E-state index contributed by atoms with van der Waals surface area (Å²) in [4.78, 5) is 31.4. The molecular formula is C19H20N4O3. The first-order valence-electron chi connectivity index (χ1n) is 8.62. The first-order valence-corrected chi connectivity index (χ1v) is 8.62. The molecule has 0 saturated heterocycles. The average Bonchev–Trinajstić information content (AvgIpc) is 3.37. The van der Waals surface area contributed by atoms with E-state index in [0.717, 1.165) is 23.9 Å². The fourth-order valence-electron chi connectivity index (χ4n) is 3.08. The van der Waals surface area contributed by atoms with Crippen LogP contribution in [-0.4, -0.2) is 32.6 Å². The van der Waals surface area contributed by atoms with Crippen molar-refractivity contribution in [2.24, 2.45) is 7.05 Å². The molecule has 1 aliphatic rings. The van der Waals surface area contributed by atoms with E-state index < -0.39 is 0 Å². The van der Waals surface area contributed by atoms with Gasteiger partial charge in [0, 0.05) is 31.6 Å². The SMILES string of the molecule is Cc1ccc2c(c1)c(=O)c(C(=O)N(C)Cc1nc(C3CC3)no1)cn2C. The van der Waals surface area contributed by atoms with Crippen molar-refractivity contribution in [1.82, 2.24) is 19.6 Å². The Morgan fingerprint density at radius 1 is 1.38 bits per heavy atom. The third kappa shape index (κ3) is 2.89. The Morgan fingerprint density at radius 3 is 2.88 bits per heavy atom. The number of benzene rings is 1. The van der Waals surface area contributed by atoms with Crippen molar-refractivity contribution >= 4 is 16.8 Å². The monoisotopic (exact) mass is 352 g/mol. The summed E-state index contributed by atoms with van der Waals surface area (Å²) in [7, 11) is 3.46. The maximum absolute atomic E-state index is 12.8. The topological polar surface area (TPSA) is 81.2 Å². The van der Waals surface area contributed by atoms with Gasteiger partial charge in [0.25, 0.3) is 5.91 Å². The van der Waals surface area contributed by atoms with Gasteiger partial charge in [-0.2, -0.15) is 4.98 Å². The second-order valence-electron chi connectivity index (χ2n) is 6.99. The highest BCUT2D eigenvalue weighted by Crippen LogP contribution is 2.38. The molecule has 0 unspecified atom stereocenters. The van der Waals surface area contributed by atoms with Gasteiger partial charge in [0.1, 0.15) is 5.56 Å². The van der Waals surface area contributed by atoms with Crippen molar-refractivity contribution in [2.75, 3.05) is 7.05 Å². The van der Waals surface area contributed by atoms with Gasteiger partial charge in [0.2, 0.25) is 11.3 Å². The molecule has 0 atom stereocenters. The molecule has 0 aliphatic heterocycles. The van der Waals surface area contributed by atoms with E-state index in [4.69, 9.17) is 4.52 Å². The fraction of sp³-hybridized carbons (Fsp3) is 0.368. The second kappa shape index (κ2) is 6.09. The molecule has 7 nitrogen and oxygen atoms in total. The second-order valence-corrected chi connectivity index (χ2v) is 6.99. The molecule has 4 rings (SSSR count). The number of rotatable bonds is 4. The van der Waals surface area contributed by atoms with E-state index in [-0.39, 0.29) is 23.4 Å². The Balaban J connectivity index is 1.64. The summed E-state index contributed by atoms with van der Waals surface area (Å²) in [6, 6.07) is 5.65. The molecule has 1 aliphatic carbocycles. The van der Waals surface area contributed by atoms with E-state index in [0.29, 0.717) is 23.0 Å².